The van der Waals surface area contributed by atoms with Crippen molar-refractivity contribution in [3.8, 4) is 34.4 Å². The highest BCUT2D eigenvalue weighted by Crippen LogP contribution is 2.39. The zero-order valence-corrected chi connectivity index (χ0v) is 16.5. The second-order valence-corrected chi connectivity index (χ2v) is 7.03. The van der Waals surface area contributed by atoms with E-state index in [0.717, 1.165) is 12.3 Å². The van der Waals surface area contributed by atoms with Crippen molar-refractivity contribution < 1.29 is 22.3 Å². The van der Waals surface area contributed by atoms with Gasteiger partial charge in [0.25, 0.3) is 0 Å². The average Bonchev–Trinajstić information content (AvgIpc) is 3.20. The third-order valence-corrected chi connectivity index (χ3v) is 4.59. The van der Waals surface area contributed by atoms with Crippen molar-refractivity contribution in [1.29, 1.82) is 0 Å². The van der Waals surface area contributed by atoms with Gasteiger partial charge in [-0.3, -0.25) is 0 Å². The van der Waals surface area contributed by atoms with Crippen LogP contribution in [0.3, 0.4) is 0 Å². The Morgan fingerprint density at radius 3 is 2.10 bits per heavy atom. The van der Waals surface area contributed by atoms with Crippen molar-refractivity contribution in [2.75, 3.05) is 0 Å². The lowest BCUT2D eigenvalue weighted by atomic mass is 10.1. The van der Waals surface area contributed by atoms with E-state index in [2.05, 4.69) is 9.97 Å². The highest BCUT2D eigenvalue weighted by Gasteiger charge is 2.36. The van der Waals surface area contributed by atoms with Gasteiger partial charge >= 0.3 is 6.18 Å². The molecule has 4 aromatic rings. The van der Waals surface area contributed by atoms with Crippen LogP contribution in [0.2, 0.25) is 10.0 Å². The third kappa shape index (κ3) is 4.42. The summed E-state index contributed by atoms with van der Waals surface area (Å²) in [6, 6.07) is 13.6. The molecule has 2 aromatic carbocycles. The Bertz CT molecular complexity index is 1170. The van der Waals surface area contributed by atoms with Crippen LogP contribution in [0.1, 0.15) is 5.56 Å². The molecule has 0 spiro atoms. The van der Waals surface area contributed by atoms with Crippen LogP contribution in [0.4, 0.5) is 13.2 Å². The highest BCUT2D eigenvalue weighted by molar-refractivity contribution is 6.30. The summed E-state index contributed by atoms with van der Waals surface area (Å²) in [5.41, 5.74) is -0.653. The summed E-state index contributed by atoms with van der Waals surface area (Å²) < 4.78 is 52.1. The molecule has 0 bridgehead atoms. The van der Waals surface area contributed by atoms with E-state index in [-0.39, 0.29) is 17.3 Å². The number of hydrogen-bond donors (Lipinski definition) is 0. The number of ether oxygens (including phenoxy) is 1. The summed E-state index contributed by atoms with van der Waals surface area (Å²) in [6.45, 7) is 0. The van der Waals surface area contributed by atoms with E-state index in [9.17, 15) is 13.2 Å². The maximum Gasteiger partial charge on any atom is 0.417 e. The zero-order chi connectivity index (χ0) is 21.3. The van der Waals surface area contributed by atoms with Crippen LogP contribution < -0.4 is 4.74 Å². The van der Waals surface area contributed by atoms with E-state index >= 15 is 0 Å². The molecule has 0 radical (unpaired) electrons. The lowest BCUT2D eigenvalue weighted by Crippen LogP contribution is -2.08. The van der Waals surface area contributed by atoms with Crippen LogP contribution >= 0.6 is 23.2 Å². The van der Waals surface area contributed by atoms with E-state index in [1.54, 1.807) is 36.4 Å². The summed E-state index contributed by atoms with van der Waals surface area (Å²) >= 11 is 11.7. The van der Waals surface area contributed by atoms with Gasteiger partial charge in [-0.25, -0.2) is 9.97 Å². The molecule has 0 atom stereocenters. The fraction of sp³-hybridized carbons (Fsp3) is 0.0476. The lowest BCUT2D eigenvalue weighted by Gasteiger charge is -2.12. The van der Waals surface area contributed by atoms with Gasteiger partial charge in [-0.1, -0.05) is 23.2 Å². The molecule has 0 amide bonds. The first-order valence-corrected chi connectivity index (χ1v) is 9.28. The zero-order valence-electron chi connectivity index (χ0n) is 15.0. The fourth-order valence-corrected chi connectivity index (χ4v) is 2.92. The Morgan fingerprint density at radius 1 is 0.833 bits per heavy atom. The highest BCUT2D eigenvalue weighted by atomic mass is 35.5. The van der Waals surface area contributed by atoms with Crippen molar-refractivity contribution >= 4 is 23.2 Å². The molecule has 4 rings (SSSR count). The number of alkyl halides is 3. The molecular weight excluding hydrogens is 440 g/mol. The van der Waals surface area contributed by atoms with Crippen molar-refractivity contribution in [2.45, 2.75) is 6.18 Å². The quantitative estimate of drug-likeness (QED) is 0.322. The van der Waals surface area contributed by atoms with Gasteiger partial charge in [0.1, 0.15) is 5.75 Å². The van der Waals surface area contributed by atoms with Gasteiger partial charge in [0.2, 0.25) is 11.8 Å². The van der Waals surface area contributed by atoms with E-state index in [1.807, 2.05) is 0 Å². The number of oxazole rings is 1. The van der Waals surface area contributed by atoms with Gasteiger partial charge in [-0.15, -0.1) is 0 Å². The van der Waals surface area contributed by atoms with E-state index in [0.29, 0.717) is 27.1 Å². The molecule has 0 aliphatic heterocycles. The predicted octanol–water partition coefficient (Wildman–Crippen LogP) is 7.52. The van der Waals surface area contributed by atoms with Gasteiger partial charge in [-0.05, 0) is 48.5 Å². The SMILES string of the molecule is FC(F)(F)c1cc(Oc2ccc(Cl)cc2)ncc1-c1ncc(-c2ccc(Cl)cc2)o1. The summed E-state index contributed by atoms with van der Waals surface area (Å²) in [5.74, 6) is 0.168. The molecule has 0 saturated carbocycles. The molecular formula is C21H11Cl2F3N2O2. The van der Waals surface area contributed by atoms with Crippen molar-refractivity contribution in [3.63, 3.8) is 0 Å². The minimum Gasteiger partial charge on any atom is -0.439 e. The second-order valence-electron chi connectivity index (χ2n) is 6.16. The average molecular weight is 451 g/mol. The molecule has 2 aromatic heterocycles. The summed E-state index contributed by atoms with van der Waals surface area (Å²) in [5, 5.41) is 1.00. The van der Waals surface area contributed by atoms with Crippen LogP contribution in [0, 0.1) is 0 Å². The van der Waals surface area contributed by atoms with Gasteiger partial charge in [0, 0.05) is 27.9 Å². The summed E-state index contributed by atoms with van der Waals surface area (Å²) in [7, 11) is 0. The van der Waals surface area contributed by atoms with Crippen LogP contribution in [0.15, 0.2) is 71.4 Å². The van der Waals surface area contributed by atoms with Gasteiger partial charge in [-0.2, -0.15) is 13.2 Å². The topological polar surface area (TPSA) is 48.2 Å². The number of aromatic nitrogens is 2. The van der Waals surface area contributed by atoms with Crippen LogP contribution in [-0.2, 0) is 6.18 Å². The molecule has 30 heavy (non-hydrogen) atoms. The molecule has 0 aliphatic rings. The Balaban J connectivity index is 1.69. The molecule has 152 valence electrons. The Hall–Kier alpha value is -3.03. The number of nitrogens with zero attached hydrogens (tertiary/aromatic N) is 2. The third-order valence-electron chi connectivity index (χ3n) is 4.09. The van der Waals surface area contributed by atoms with Crippen LogP contribution in [-0.4, -0.2) is 9.97 Å². The maximum atomic E-state index is 13.7. The predicted molar refractivity (Wildman–Crippen MR) is 107 cm³/mol. The first-order valence-electron chi connectivity index (χ1n) is 8.52. The van der Waals surface area contributed by atoms with E-state index in [1.165, 1.54) is 18.3 Å². The standard InChI is InChI=1S/C21H11Cl2F3N2O2/c22-13-3-1-12(2-4-13)18-11-28-20(30-18)16-10-27-19(9-17(16)21(24,25)26)29-15-7-5-14(23)6-8-15/h1-11H. The normalized spacial score (nSPS) is 11.5. The van der Waals surface area contributed by atoms with Crippen molar-refractivity contribution in [2.24, 2.45) is 0 Å². The van der Waals surface area contributed by atoms with Crippen LogP contribution in [0.5, 0.6) is 11.6 Å². The maximum absolute atomic E-state index is 13.7. The van der Waals surface area contributed by atoms with Gasteiger partial charge in [0.05, 0.1) is 17.3 Å². The smallest absolute Gasteiger partial charge is 0.417 e. The number of benzene rings is 2. The Kier molecular flexibility index (Phi) is 5.40. The largest absolute Gasteiger partial charge is 0.439 e. The second kappa shape index (κ2) is 8.01. The van der Waals surface area contributed by atoms with Crippen LogP contribution in [0.25, 0.3) is 22.8 Å². The first-order chi connectivity index (χ1) is 14.3. The van der Waals surface area contributed by atoms with Crippen molar-refractivity contribution in [3.05, 3.63) is 82.6 Å². The summed E-state index contributed by atoms with van der Waals surface area (Å²) in [4.78, 5) is 7.96. The van der Waals surface area contributed by atoms with E-state index in [4.69, 9.17) is 32.4 Å². The van der Waals surface area contributed by atoms with Gasteiger partial charge < -0.3 is 9.15 Å². The van der Waals surface area contributed by atoms with Gasteiger partial charge in [0.15, 0.2) is 5.76 Å². The molecule has 0 unspecified atom stereocenters. The molecule has 0 fully saturated rings. The number of rotatable bonds is 4. The molecule has 0 N–H and O–H groups in total. The first kappa shape index (κ1) is 20.3. The molecule has 9 heteroatoms. The molecule has 4 nitrogen and oxygen atoms in total. The number of halogens is 5. The minimum atomic E-state index is -4.68. The minimum absolute atomic E-state index is 0.210. The Morgan fingerprint density at radius 2 is 1.47 bits per heavy atom. The molecule has 0 saturated heterocycles. The fourth-order valence-electron chi connectivity index (χ4n) is 2.67. The number of hydrogen-bond acceptors (Lipinski definition) is 4. The molecule has 0 aliphatic carbocycles. The summed E-state index contributed by atoms with van der Waals surface area (Å²) in [6.07, 6.45) is -2.31. The van der Waals surface area contributed by atoms with Crippen molar-refractivity contribution in [1.82, 2.24) is 9.97 Å². The monoisotopic (exact) mass is 450 g/mol. The van der Waals surface area contributed by atoms with E-state index < -0.39 is 11.7 Å². The lowest BCUT2D eigenvalue weighted by molar-refractivity contribution is -0.137. The Labute approximate surface area is 178 Å². The molecule has 2 heterocycles. The number of pyridine rings is 1.